The molecule has 4 aliphatic carbocycles. The number of aliphatic hydroxyl groups is 2. The van der Waals surface area contributed by atoms with Crippen molar-refractivity contribution in [3.8, 4) is 0 Å². The van der Waals surface area contributed by atoms with E-state index in [1.165, 1.54) is 31.3 Å². The number of ether oxygens (including phenoxy) is 2. The van der Waals surface area contributed by atoms with Crippen LogP contribution in [0.2, 0.25) is 0 Å². The Morgan fingerprint density at radius 3 is 2.55 bits per heavy atom. The summed E-state index contributed by atoms with van der Waals surface area (Å²) in [5.74, 6) is 3.06. The summed E-state index contributed by atoms with van der Waals surface area (Å²) in [5.41, 5.74) is 1.49. The van der Waals surface area contributed by atoms with Crippen molar-refractivity contribution in [2.24, 2.45) is 46.3 Å². The summed E-state index contributed by atoms with van der Waals surface area (Å²) in [6.07, 6.45) is 9.13. The molecule has 174 valence electrons. The number of rotatable bonds is 0. The van der Waals surface area contributed by atoms with Crippen molar-refractivity contribution in [1.29, 1.82) is 0 Å². The molecule has 4 nitrogen and oxygen atoms in total. The second kappa shape index (κ2) is 6.81. The van der Waals surface area contributed by atoms with Crippen molar-refractivity contribution in [2.45, 2.75) is 103 Å². The van der Waals surface area contributed by atoms with Crippen LogP contribution in [0.1, 0.15) is 78.6 Å². The quantitative estimate of drug-likeness (QED) is 0.548. The molecule has 4 heteroatoms. The molecule has 6 fully saturated rings. The summed E-state index contributed by atoms with van der Waals surface area (Å²) in [6, 6.07) is 0. The van der Waals surface area contributed by atoms with Crippen molar-refractivity contribution < 1.29 is 19.7 Å². The van der Waals surface area contributed by atoms with E-state index in [0.717, 1.165) is 25.7 Å². The van der Waals surface area contributed by atoms with Gasteiger partial charge in [-0.2, -0.15) is 0 Å². The number of hydrogen-bond donors (Lipinski definition) is 2. The zero-order valence-corrected chi connectivity index (χ0v) is 19.7. The van der Waals surface area contributed by atoms with Crippen molar-refractivity contribution in [3.63, 3.8) is 0 Å². The Morgan fingerprint density at radius 1 is 1.00 bits per heavy atom. The minimum absolute atomic E-state index is 0.0261. The number of hydrogen-bond acceptors (Lipinski definition) is 4. The van der Waals surface area contributed by atoms with Crippen LogP contribution < -0.4 is 0 Å². The maximum absolute atomic E-state index is 11.2. The molecule has 6 rings (SSSR count). The first-order valence-electron chi connectivity index (χ1n) is 13.0. The van der Waals surface area contributed by atoms with Crippen LogP contribution in [0.5, 0.6) is 0 Å². The molecule has 0 bridgehead atoms. The lowest BCUT2D eigenvalue weighted by Crippen LogP contribution is -2.59. The Balaban J connectivity index is 1.28. The predicted octanol–water partition coefficient (Wildman–Crippen LogP) is 4.68. The molecule has 31 heavy (non-hydrogen) atoms. The van der Waals surface area contributed by atoms with E-state index in [1.54, 1.807) is 0 Å². The number of aliphatic hydroxyl groups excluding tert-OH is 2. The highest BCUT2D eigenvalue weighted by Gasteiger charge is 2.69. The zero-order chi connectivity index (χ0) is 21.8. The standard InChI is InChI=1S/C27H42O4/c1-15-7-10-27(30-14-15)16(2)24-22(31-27)13-21-19-6-5-17-11-18(28)12-23(29)26(17,4)20(19)8-9-25(21,24)3/h16-24,28-29H,1,5-14H2,2-4H3. The van der Waals surface area contributed by atoms with Crippen LogP contribution in [0.4, 0.5) is 0 Å². The van der Waals surface area contributed by atoms with Gasteiger partial charge < -0.3 is 19.7 Å². The molecule has 12 unspecified atom stereocenters. The fourth-order valence-electron chi connectivity index (χ4n) is 10.1. The van der Waals surface area contributed by atoms with E-state index in [9.17, 15) is 10.2 Å². The molecule has 12 atom stereocenters. The first kappa shape index (κ1) is 21.1. The van der Waals surface area contributed by atoms with Crippen molar-refractivity contribution in [1.82, 2.24) is 0 Å². The predicted molar refractivity (Wildman–Crippen MR) is 119 cm³/mol. The summed E-state index contributed by atoms with van der Waals surface area (Å²) in [7, 11) is 0. The van der Waals surface area contributed by atoms with E-state index < -0.39 is 0 Å². The fraction of sp³-hybridized carbons (Fsp3) is 0.926. The third-order valence-corrected chi connectivity index (χ3v) is 11.8. The maximum Gasteiger partial charge on any atom is 0.172 e. The van der Waals surface area contributed by atoms with Crippen molar-refractivity contribution >= 4 is 0 Å². The van der Waals surface area contributed by atoms with E-state index in [-0.39, 0.29) is 23.4 Å². The van der Waals surface area contributed by atoms with Gasteiger partial charge in [0.1, 0.15) is 0 Å². The first-order chi connectivity index (χ1) is 14.7. The van der Waals surface area contributed by atoms with Gasteiger partial charge in [-0.15, -0.1) is 0 Å². The van der Waals surface area contributed by atoms with E-state index in [0.29, 0.717) is 60.1 Å². The Labute approximate surface area is 187 Å². The molecule has 2 N–H and O–H groups in total. The van der Waals surface area contributed by atoms with Gasteiger partial charge in [-0.3, -0.25) is 0 Å². The van der Waals surface area contributed by atoms with Gasteiger partial charge >= 0.3 is 0 Å². The molecular formula is C27H42O4. The van der Waals surface area contributed by atoms with Crippen molar-refractivity contribution in [2.75, 3.05) is 6.61 Å². The van der Waals surface area contributed by atoms with E-state index >= 15 is 0 Å². The molecule has 1 spiro atoms. The Kier molecular flexibility index (Phi) is 4.64. The second-order valence-corrected chi connectivity index (χ2v) is 12.8. The van der Waals surface area contributed by atoms with E-state index in [2.05, 4.69) is 27.4 Å². The van der Waals surface area contributed by atoms with Gasteiger partial charge in [-0.1, -0.05) is 32.9 Å². The average molecular weight is 431 g/mol. The topological polar surface area (TPSA) is 58.9 Å². The van der Waals surface area contributed by atoms with Gasteiger partial charge in [0.05, 0.1) is 24.9 Å². The molecule has 0 aromatic heterocycles. The van der Waals surface area contributed by atoms with Gasteiger partial charge in [-0.25, -0.2) is 0 Å². The third kappa shape index (κ3) is 2.68. The summed E-state index contributed by atoms with van der Waals surface area (Å²) in [4.78, 5) is 0. The van der Waals surface area contributed by atoms with Gasteiger partial charge in [0.2, 0.25) is 0 Å². The zero-order valence-electron chi connectivity index (χ0n) is 19.7. The SMILES string of the molecule is C=C1CCC2(OC1)OC1CC3C4CCC5CC(O)CC(O)C5(C)C4CCC3(C)C1C2C. The highest BCUT2D eigenvalue weighted by Crippen LogP contribution is 2.71. The largest absolute Gasteiger partial charge is 0.393 e. The highest BCUT2D eigenvalue weighted by molar-refractivity contribution is 5.17. The summed E-state index contributed by atoms with van der Waals surface area (Å²) in [6.45, 7) is 12.1. The molecule has 0 aromatic carbocycles. The smallest absolute Gasteiger partial charge is 0.172 e. The Hall–Kier alpha value is -0.420. The van der Waals surface area contributed by atoms with Crippen LogP contribution in [0.25, 0.3) is 0 Å². The minimum atomic E-state index is -0.388. The van der Waals surface area contributed by atoms with Gasteiger partial charge in [-0.05, 0) is 91.8 Å². The van der Waals surface area contributed by atoms with Crippen LogP contribution in [-0.2, 0) is 9.47 Å². The summed E-state index contributed by atoms with van der Waals surface area (Å²) in [5, 5.41) is 21.5. The third-order valence-electron chi connectivity index (χ3n) is 11.8. The molecule has 4 saturated carbocycles. The maximum atomic E-state index is 11.2. The van der Waals surface area contributed by atoms with Crippen LogP contribution in [0.15, 0.2) is 12.2 Å². The lowest BCUT2D eigenvalue weighted by molar-refractivity contribution is -0.257. The van der Waals surface area contributed by atoms with Gasteiger partial charge in [0.25, 0.3) is 0 Å². The minimum Gasteiger partial charge on any atom is -0.393 e. The molecule has 2 heterocycles. The molecule has 2 aliphatic heterocycles. The molecule has 6 aliphatic rings. The monoisotopic (exact) mass is 430 g/mol. The Bertz CT molecular complexity index is 754. The van der Waals surface area contributed by atoms with Crippen LogP contribution >= 0.6 is 0 Å². The first-order valence-corrected chi connectivity index (χ1v) is 13.0. The van der Waals surface area contributed by atoms with Crippen LogP contribution in [0.3, 0.4) is 0 Å². The van der Waals surface area contributed by atoms with E-state index in [4.69, 9.17) is 9.47 Å². The lowest BCUT2D eigenvalue weighted by Gasteiger charge is -2.62. The average Bonchev–Trinajstić information content (AvgIpc) is 3.16. The molecule has 2 saturated heterocycles. The molecule has 0 aromatic rings. The van der Waals surface area contributed by atoms with E-state index in [1.807, 2.05) is 0 Å². The summed E-state index contributed by atoms with van der Waals surface area (Å²) < 4.78 is 13.2. The normalized spacial score (nSPS) is 60.9. The lowest BCUT2D eigenvalue weighted by atomic mass is 9.43. The molecular weight excluding hydrogens is 388 g/mol. The van der Waals surface area contributed by atoms with Crippen LogP contribution in [0, 0.1) is 46.3 Å². The molecule has 0 amide bonds. The highest BCUT2D eigenvalue weighted by atomic mass is 16.7. The second-order valence-electron chi connectivity index (χ2n) is 12.8. The van der Waals surface area contributed by atoms with Crippen molar-refractivity contribution in [3.05, 3.63) is 12.2 Å². The fourth-order valence-corrected chi connectivity index (χ4v) is 10.1. The Morgan fingerprint density at radius 2 is 1.81 bits per heavy atom. The van der Waals surface area contributed by atoms with Crippen LogP contribution in [-0.4, -0.2) is 40.9 Å². The van der Waals surface area contributed by atoms with Gasteiger partial charge in [0.15, 0.2) is 5.79 Å². The van der Waals surface area contributed by atoms with Gasteiger partial charge in [0, 0.05) is 12.3 Å². The molecule has 0 radical (unpaired) electrons. The number of fused-ring (bicyclic) bond motifs is 7. The summed E-state index contributed by atoms with van der Waals surface area (Å²) >= 11 is 0.